The van der Waals surface area contributed by atoms with Gasteiger partial charge in [-0.05, 0) is 88.1 Å². The highest BCUT2D eigenvalue weighted by atomic mass is 32.2. The first-order chi connectivity index (χ1) is 39.0. The average molecular weight is 1200 g/mol. The van der Waals surface area contributed by atoms with E-state index >= 15 is 0 Å². The largest absolute Gasteiger partial charge is 0.528 e. The second kappa shape index (κ2) is 30.6. The summed E-state index contributed by atoms with van der Waals surface area (Å²) in [7, 11) is -8.48. The number of carbonyl (C=O) groups excluding carboxylic acids is 3. The quantitative estimate of drug-likeness (QED) is 0.0250. The maximum atomic E-state index is 13.5. The molecule has 4 heterocycles. The number of ether oxygens (including phenoxy) is 4. The summed E-state index contributed by atoms with van der Waals surface area (Å²) < 4.78 is 75.6. The van der Waals surface area contributed by atoms with Gasteiger partial charge in [0.05, 0.1) is 108 Å². The van der Waals surface area contributed by atoms with Gasteiger partial charge in [0.1, 0.15) is 12.2 Å². The lowest BCUT2D eigenvalue weighted by Gasteiger charge is -2.30. The number of nitrogens with zero attached hydrogens (tertiary/aromatic N) is 2. The van der Waals surface area contributed by atoms with Gasteiger partial charge in [-0.1, -0.05) is 87.3 Å². The molecule has 27 nitrogen and oxygen atoms in total. The molecule has 2 unspecified atom stereocenters. The molecule has 2 aliphatic rings. The number of nitrogens with one attached hydrogen (secondary N) is 7. The van der Waals surface area contributed by atoms with E-state index in [9.17, 15) is 51.0 Å². The standard InChI is InChI=1S/C25H32N4O8S.C22H28N4O6S.C5H9NO4S/c1-16(2)37-29(38(33,34)19-8-9-20-21(13-19)27-24(31)26-20)14-23(30)22(12-17-6-4-3-5-7-17)28-25(32)36-18-10-11-35-15-18;1-14(2)32-26(33(30,31)17-9-10-18-19(12-17)25-22(29)24-18)13-21(28)20(23-15(3)27)11-16-7-5-4-6-8-16;7-5(10-6-11)9-4-1-2-8-3-4/h3-9,13,16,18,22-23,30H,10-12,14-15H2,1-2H3,(H,28,32)(H2,26,27,31);4-10,12,14,20-21,28H,11,13H2,1-3H3,(H,23,27)(H2,24,25,29);4,6,11H,1-3H2/t18?,22-,23+;20-,21+;/m00./s1. The first-order valence-electron chi connectivity index (χ1n) is 25.9. The van der Waals surface area contributed by atoms with Crippen molar-refractivity contribution in [1.82, 2.24) is 44.4 Å². The molecule has 9 N–H and O–H groups in total. The molecule has 0 saturated carbocycles. The number of rotatable bonds is 23. The molecule has 4 aromatic carbocycles. The predicted octanol–water partition coefficient (Wildman–Crippen LogP) is 3.25. The number of aliphatic hydroxyl groups is 2. The fourth-order valence-corrected chi connectivity index (χ4v) is 11.1. The first-order valence-corrected chi connectivity index (χ1v) is 29.3. The summed E-state index contributed by atoms with van der Waals surface area (Å²) in [6, 6.07) is 25.0. The van der Waals surface area contributed by atoms with Gasteiger partial charge in [-0.2, -0.15) is 0 Å². The first kappa shape index (κ1) is 64.5. The molecule has 2 aliphatic heterocycles. The van der Waals surface area contributed by atoms with Gasteiger partial charge in [0.25, 0.3) is 20.0 Å². The van der Waals surface area contributed by atoms with Crippen molar-refractivity contribution in [2.45, 2.75) is 119 Å². The zero-order valence-corrected chi connectivity index (χ0v) is 48.0. The lowest BCUT2D eigenvalue weighted by Crippen LogP contribution is -2.51. The summed E-state index contributed by atoms with van der Waals surface area (Å²) >= 11 is 3.45. The van der Waals surface area contributed by atoms with Gasteiger partial charge in [0.2, 0.25) is 5.91 Å². The number of amides is 2. The van der Waals surface area contributed by atoms with Gasteiger partial charge in [-0.25, -0.2) is 36.0 Å². The second-order valence-corrected chi connectivity index (χ2v) is 23.2. The average Bonchev–Trinajstić information content (AvgIpc) is 4.41. The summed E-state index contributed by atoms with van der Waals surface area (Å²) in [5.74, 6) is -0.351. The number of hydrogen-bond donors (Lipinski definition) is 10. The van der Waals surface area contributed by atoms with Crippen molar-refractivity contribution in [2.75, 3.05) is 39.5 Å². The number of hydrogen-bond acceptors (Lipinski definition) is 20. The molecule has 2 fully saturated rings. The number of fused-ring (bicyclic) bond motifs is 2. The Morgan fingerprint density at radius 3 is 1.44 bits per heavy atom. The van der Waals surface area contributed by atoms with E-state index in [4.69, 9.17) is 28.6 Å². The molecule has 0 radical (unpaired) electrons. The summed E-state index contributed by atoms with van der Waals surface area (Å²) in [6.07, 6.45) is -3.95. The number of H-pyrrole nitrogens is 4. The van der Waals surface area contributed by atoms with Gasteiger partial charge in [0.15, 0.2) is 0 Å². The van der Waals surface area contributed by atoms with Crippen LogP contribution in [0.5, 0.6) is 0 Å². The van der Waals surface area contributed by atoms with E-state index in [2.05, 4.69) is 48.2 Å². The Hall–Kier alpha value is -6.68. The van der Waals surface area contributed by atoms with Crippen molar-refractivity contribution in [3.63, 3.8) is 0 Å². The topological polar surface area (TPSA) is 364 Å². The highest BCUT2D eigenvalue weighted by molar-refractivity contribution is 7.89. The zero-order valence-electron chi connectivity index (χ0n) is 45.5. The fraction of sp³-hybridized carbons (Fsp3) is 0.442. The number of hydroxylamine groups is 2. The van der Waals surface area contributed by atoms with Crippen LogP contribution in [0.3, 0.4) is 0 Å². The van der Waals surface area contributed by atoms with E-state index < -0.39 is 93.3 Å². The molecule has 6 atom stereocenters. The highest BCUT2D eigenvalue weighted by Gasteiger charge is 2.35. The van der Waals surface area contributed by atoms with Gasteiger partial charge < -0.3 is 64.6 Å². The third-order valence-electron chi connectivity index (χ3n) is 12.1. The lowest BCUT2D eigenvalue weighted by molar-refractivity contribution is -0.138. The molecular formula is C52H69N9O18S3. The molecule has 2 aromatic heterocycles. The van der Waals surface area contributed by atoms with Crippen LogP contribution >= 0.6 is 12.8 Å². The van der Waals surface area contributed by atoms with E-state index in [1.807, 2.05) is 65.5 Å². The van der Waals surface area contributed by atoms with Crippen molar-refractivity contribution in [3.05, 3.63) is 129 Å². The van der Waals surface area contributed by atoms with Gasteiger partial charge in [-0.15, -0.1) is 0 Å². The minimum Gasteiger partial charge on any atom is -0.444 e. The fourth-order valence-electron chi connectivity index (χ4n) is 8.31. The third-order valence-corrected chi connectivity index (χ3v) is 15.4. The molecule has 2 saturated heterocycles. The van der Waals surface area contributed by atoms with E-state index in [-0.39, 0.29) is 34.3 Å². The van der Waals surface area contributed by atoms with Crippen molar-refractivity contribution < 1.29 is 74.9 Å². The number of thiol groups is 1. The van der Waals surface area contributed by atoms with Crippen molar-refractivity contribution >= 4 is 73.1 Å². The molecule has 82 heavy (non-hydrogen) atoms. The number of aromatic nitrogens is 4. The number of carbonyl (C=O) groups is 3. The SMILES string of the molecule is CC(=O)N[C@@H](Cc1ccccc1)[C@H](O)CN(OC(C)C)S(=O)(=O)c1ccc2[nH]c(=O)[nH]c2c1.CC(C)ON(C[C@@H](O)[C@H](Cc1ccccc1)NC(=O)OC1CCOC1)S(=O)(=O)c1ccc2[nH]c(=O)[nH]c2c1.O=C(ONS)OC1CCOC1. The molecule has 8 rings (SSSR count). The van der Waals surface area contributed by atoms with Gasteiger partial charge >= 0.3 is 23.6 Å². The number of aliphatic hydroxyl groups excluding tert-OH is 2. The maximum Gasteiger partial charge on any atom is 0.528 e. The number of benzene rings is 4. The van der Waals surface area contributed by atoms with Crippen LogP contribution < -0.4 is 26.9 Å². The minimum atomic E-state index is -4.27. The van der Waals surface area contributed by atoms with Crippen LogP contribution in [-0.4, -0.2) is 162 Å². The maximum absolute atomic E-state index is 13.5. The Kier molecular flexibility index (Phi) is 24.0. The molecule has 448 valence electrons. The van der Waals surface area contributed by atoms with E-state index in [0.717, 1.165) is 22.0 Å². The Bertz CT molecular complexity index is 3350. The summed E-state index contributed by atoms with van der Waals surface area (Å²) in [5.41, 5.74) is 2.32. The molecule has 30 heteroatoms. The number of sulfonamides is 2. The number of imidazole rings is 2. The third kappa shape index (κ3) is 19.5. The van der Waals surface area contributed by atoms with Crippen LogP contribution in [-0.2, 0) is 71.1 Å². The van der Waals surface area contributed by atoms with Crippen molar-refractivity contribution in [1.29, 1.82) is 0 Å². The Balaban J connectivity index is 0.000000224. The van der Waals surface area contributed by atoms with Gasteiger partial charge in [-0.3, -0.25) is 14.5 Å². The predicted molar refractivity (Wildman–Crippen MR) is 300 cm³/mol. The minimum absolute atomic E-state index is 0.114. The molecule has 0 aliphatic carbocycles. The normalized spacial score (nSPS) is 16.9. The molecule has 6 aromatic rings. The lowest BCUT2D eigenvalue weighted by atomic mass is 10.0. The van der Waals surface area contributed by atoms with E-state index in [1.54, 1.807) is 27.7 Å². The van der Waals surface area contributed by atoms with Crippen LogP contribution in [0.15, 0.2) is 116 Å². The molecule has 0 bridgehead atoms. The van der Waals surface area contributed by atoms with E-state index in [0.29, 0.717) is 65.8 Å². The number of alkyl carbamates (subject to hydrolysis) is 1. The zero-order chi connectivity index (χ0) is 59.6. The van der Waals surface area contributed by atoms with Crippen LogP contribution in [0.2, 0.25) is 0 Å². The number of aromatic amines is 4. The summed E-state index contributed by atoms with van der Waals surface area (Å²) in [4.78, 5) is 85.3. The van der Waals surface area contributed by atoms with Crippen LogP contribution in [0.1, 0.15) is 58.6 Å². The summed E-state index contributed by atoms with van der Waals surface area (Å²) in [6.45, 7) is 8.94. The van der Waals surface area contributed by atoms with Gasteiger partial charge in [0, 0.05) is 19.8 Å². The molecular weight excluding hydrogens is 1130 g/mol. The van der Waals surface area contributed by atoms with Crippen LogP contribution in [0.25, 0.3) is 22.1 Å². The molecule has 2 amide bonds. The van der Waals surface area contributed by atoms with Crippen LogP contribution in [0, 0.1) is 0 Å². The Morgan fingerprint density at radius 2 is 1.05 bits per heavy atom. The smallest absolute Gasteiger partial charge is 0.444 e. The monoisotopic (exact) mass is 1200 g/mol. The highest BCUT2D eigenvalue weighted by Crippen LogP contribution is 2.24. The Labute approximate surface area is 477 Å². The Morgan fingerprint density at radius 1 is 0.634 bits per heavy atom. The second-order valence-electron chi connectivity index (χ2n) is 19.4. The van der Waals surface area contributed by atoms with Crippen LogP contribution in [0.4, 0.5) is 9.59 Å². The summed E-state index contributed by atoms with van der Waals surface area (Å²) in [5, 5.41) is 27.5. The van der Waals surface area contributed by atoms with Crippen molar-refractivity contribution in [2.24, 2.45) is 0 Å². The van der Waals surface area contributed by atoms with E-state index in [1.165, 1.54) is 43.3 Å². The van der Waals surface area contributed by atoms with Crippen molar-refractivity contribution in [3.8, 4) is 0 Å². The molecule has 0 spiro atoms.